The molecule has 0 aliphatic rings. The molecule has 0 aromatic heterocycles. The second kappa shape index (κ2) is 7.02. The quantitative estimate of drug-likeness (QED) is 0.593. The molecule has 0 saturated carbocycles. The minimum Gasteiger partial charge on any atom is -0.496 e. The summed E-state index contributed by atoms with van der Waals surface area (Å²) >= 11 is 0. The van der Waals surface area contributed by atoms with Gasteiger partial charge in [-0.25, -0.2) is 0 Å². The van der Waals surface area contributed by atoms with Crippen molar-refractivity contribution in [1.82, 2.24) is 0 Å². The Morgan fingerprint density at radius 3 is 2.40 bits per heavy atom. The Bertz CT molecular complexity index is 496. The fraction of sp³-hybridized carbons (Fsp3) is 0.429. The topological polar surface area (TPSA) is 93.1 Å². The maximum atomic E-state index is 11.4. The summed E-state index contributed by atoms with van der Waals surface area (Å²) in [7, 11) is 2.60. The van der Waals surface area contributed by atoms with Gasteiger partial charge in [0.25, 0.3) is 0 Å². The molecule has 0 heterocycles. The molecule has 0 fully saturated rings. The monoisotopic (exact) mass is 282 g/mol. The Morgan fingerprint density at radius 2 is 1.90 bits per heavy atom. The van der Waals surface area contributed by atoms with Crippen LogP contribution in [-0.4, -0.2) is 42.3 Å². The SMILES string of the molecule is COC(=O)CC(O)C(O)c1cc(C(C)=O)ccc1OC. The normalized spacial score (nSPS) is 13.4. The third kappa shape index (κ3) is 3.79. The van der Waals surface area contributed by atoms with E-state index in [1.165, 1.54) is 33.3 Å². The summed E-state index contributed by atoms with van der Waals surface area (Å²) in [5, 5.41) is 19.9. The zero-order valence-corrected chi connectivity index (χ0v) is 11.6. The van der Waals surface area contributed by atoms with E-state index in [4.69, 9.17) is 4.74 Å². The van der Waals surface area contributed by atoms with Gasteiger partial charge in [-0.15, -0.1) is 0 Å². The molecule has 1 rings (SSSR count). The fourth-order valence-corrected chi connectivity index (χ4v) is 1.76. The first-order chi connectivity index (χ1) is 9.40. The molecule has 2 N–H and O–H groups in total. The number of benzene rings is 1. The lowest BCUT2D eigenvalue weighted by Gasteiger charge is -2.20. The van der Waals surface area contributed by atoms with Gasteiger partial charge in [-0.05, 0) is 25.1 Å². The van der Waals surface area contributed by atoms with Crippen LogP contribution in [0.15, 0.2) is 18.2 Å². The number of Topliss-reactive ketones (excluding diaryl/α,β-unsaturated/α-hetero) is 1. The van der Waals surface area contributed by atoms with Gasteiger partial charge < -0.3 is 19.7 Å². The molecule has 2 atom stereocenters. The molecule has 20 heavy (non-hydrogen) atoms. The Balaban J connectivity index is 3.05. The van der Waals surface area contributed by atoms with Crippen molar-refractivity contribution in [1.29, 1.82) is 0 Å². The summed E-state index contributed by atoms with van der Waals surface area (Å²) in [6, 6.07) is 4.52. The van der Waals surface area contributed by atoms with E-state index in [2.05, 4.69) is 4.74 Å². The van der Waals surface area contributed by atoms with Crippen molar-refractivity contribution in [2.24, 2.45) is 0 Å². The van der Waals surface area contributed by atoms with Gasteiger partial charge in [0.15, 0.2) is 5.78 Å². The average Bonchev–Trinajstić information content (AvgIpc) is 2.45. The van der Waals surface area contributed by atoms with E-state index < -0.39 is 18.2 Å². The molecule has 0 spiro atoms. The smallest absolute Gasteiger partial charge is 0.308 e. The zero-order valence-electron chi connectivity index (χ0n) is 11.6. The lowest BCUT2D eigenvalue weighted by Crippen LogP contribution is -2.23. The predicted molar refractivity (Wildman–Crippen MR) is 70.6 cm³/mol. The van der Waals surface area contributed by atoms with Crippen LogP contribution in [-0.2, 0) is 9.53 Å². The van der Waals surface area contributed by atoms with Gasteiger partial charge in [-0.1, -0.05) is 0 Å². The van der Waals surface area contributed by atoms with Crippen molar-refractivity contribution < 1.29 is 29.3 Å². The van der Waals surface area contributed by atoms with Gasteiger partial charge in [-0.3, -0.25) is 9.59 Å². The largest absolute Gasteiger partial charge is 0.496 e. The summed E-state index contributed by atoms with van der Waals surface area (Å²) in [5.74, 6) is -0.492. The molecule has 1 aromatic rings. The molecule has 6 heteroatoms. The molecule has 110 valence electrons. The molecular formula is C14H18O6. The van der Waals surface area contributed by atoms with Crippen LogP contribution < -0.4 is 4.74 Å². The Hall–Kier alpha value is -1.92. The second-order valence-electron chi connectivity index (χ2n) is 4.31. The number of aliphatic hydroxyl groups is 2. The highest BCUT2D eigenvalue weighted by Gasteiger charge is 2.25. The van der Waals surface area contributed by atoms with Crippen LogP contribution in [0, 0.1) is 0 Å². The Labute approximate surface area is 116 Å². The molecule has 0 bridgehead atoms. The standard InChI is InChI=1S/C14H18O6/c1-8(15)9-4-5-12(19-2)10(6-9)14(18)11(16)7-13(17)20-3/h4-6,11,14,16,18H,7H2,1-3H3. The number of rotatable bonds is 6. The first kappa shape index (κ1) is 16.1. The van der Waals surface area contributed by atoms with E-state index in [0.717, 1.165) is 0 Å². The third-order valence-electron chi connectivity index (χ3n) is 2.92. The van der Waals surface area contributed by atoms with Crippen molar-refractivity contribution in [2.75, 3.05) is 14.2 Å². The van der Waals surface area contributed by atoms with Gasteiger partial charge in [0.05, 0.1) is 26.7 Å². The van der Waals surface area contributed by atoms with Crippen LogP contribution in [0.25, 0.3) is 0 Å². The van der Waals surface area contributed by atoms with Crippen molar-refractivity contribution >= 4 is 11.8 Å². The maximum absolute atomic E-state index is 11.4. The fourth-order valence-electron chi connectivity index (χ4n) is 1.76. The summed E-state index contributed by atoms with van der Waals surface area (Å²) < 4.78 is 9.51. The van der Waals surface area contributed by atoms with Gasteiger partial charge in [0.1, 0.15) is 11.9 Å². The molecule has 0 radical (unpaired) electrons. The number of carbonyl (C=O) groups is 2. The lowest BCUT2D eigenvalue weighted by atomic mass is 9.98. The minimum atomic E-state index is -1.36. The summed E-state index contributed by atoms with van der Waals surface area (Å²) in [6.45, 7) is 1.39. The average molecular weight is 282 g/mol. The van der Waals surface area contributed by atoms with Crippen LogP contribution in [0.3, 0.4) is 0 Å². The highest BCUT2D eigenvalue weighted by atomic mass is 16.5. The summed E-state index contributed by atoms with van der Waals surface area (Å²) in [6.07, 6.45) is -3.06. The molecule has 2 unspecified atom stereocenters. The van der Waals surface area contributed by atoms with Gasteiger partial charge >= 0.3 is 5.97 Å². The Morgan fingerprint density at radius 1 is 1.25 bits per heavy atom. The van der Waals surface area contributed by atoms with E-state index in [1.807, 2.05) is 0 Å². The molecule has 0 aliphatic carbocycles. The highest BCUT2D eigenvalue weighted by Crippen LogP contribution is 2.29. The number of esters is 1. The number of ketones is 1. The van der Waals surface area contributed by atoms with E-state index in [0.29, 0.717) is 11.3 Å². The third-order valence-corrected chi connectivity index (χ3v) is 2.92. The van der Waals surface area contributed by atoms with E-state index in [-0.39, 0.29) is 17.8 Å². The van der Waals surface area contributed by atoms with Crippen molar-refractivity contribution in [3.63, 3.8) is 0 Å². The Kier molecular flexibility index (Phi) is 5.66. The van der Waals surface area contributed by atoms with Crippen LogP contribution in [0.2, 0.25) is 0 Å². The number of ether oxygens (including phenoxy) is 2. The molecule has 0 saturated heterocycles. The number of carbonyl (C=O) groups excluding carboxylic acids is 2. The van der Waals surface area contributed by atoms with E-state index in [9.17, 15) is 19.8 Å². The van der Waals surface area contributed by atoms with Crippen LogP contribution >= 0.6 is 0 Å². The van der Waals surface area contributed by atoms with Crippen LogP contribution in [0.1, 0.15) is 35.4 Å². The second-order valence-corrected chi connectivity index (χ2v) is 4.31. The summed E-state index contributed by atoms with van der Waals surface area (Å²) in [4.78, 5) is 22.5. The first-order valence-corrected chi connectivity index (χ1v) is 6.02. The summed E-state index contributed by atoms with van der Waals surface area (Å²) in [5.41, 5.74) is 0.627. The van der Waals surface area contributed by atoms with E-state index >= 15 is 0 Å². The molecule has 0 amide bonds. The molecular weight excluding hydrogens is 264 g/mol. The molecule has 1 aromatic carbocycles. The highest BCUT2D eigenvalue weighted by molar-refractivity contribution is 5.94. The van der Waals surface area contributed by atoms with Crippen LogP contribution in [0.5, 0.6) is 5.75 Å². The van der Waals surface area contributed by atoms with Crippen LogP contribution in [0.4, 0.5) is 0 Å². The zero-order chi connectivity index (χ0) is 15.3. The number of aliphatic hydroxyl groups excluding tert-OH is 2. The van der Waals surface area contributed by atoms with Gasteiger partial charge in [0.2, 0.25) is 0 Å². The molecule has 0 aliphatic heterocycles. The van der Waals surface area contributed by atoms with Gasteiger partial charge in [0, 0.05) is 11.1 Å². The number of hydrogen-bond donors (Lipinski definition) is 2. The predicted octanol–water partition coefficient (Wildman–Crippen LogP) is 0.855. The minimum absolute atomic E-state index is 0.177. The number of hydrogen-bond acceptors (Lipinski definition) is 6. The first-order valence-electron chi connectivity index (χ1n) is 6.02. The van der Waals surface area contributed by atoms with Crippen molar-refractivity contribution in [3.05, 3.63) is 29.3 Å². The van der Waals surface area contributed by atoms with Crippen molar-refractivity contribution in [2.45, 2.75) is 25.6 Å². The van der Waals surface area contributed by atoms with Crippen molar-refractivity contribution in [3.8, 4) is 5.75 Å². The van der Waals surface area contributed by atoms with Gasteiger partial charge in [-0.2, -0.15) is 0 Å². The molecule has 6 nitrogen and oxygen atoms in total. The van der Waals surface area contributed by atoms with E-state index in [1.54, 1.807) is 6.07 Å². The lowest BCUT2D eigenvalue weighted by molar-refractivity contribution is -0.144. The maximum Gasteiger partial charge on any atom is 0.308 e. The number of methoxy groups -OCH3 is 2.